The van der Waals surface area contributed by atoms with Crippen LogP contribution in [0.5, 0.6) is 0 Å². The minimum atomic E-state index is 0.163. The van der Waals surface area contributed by atoms with Gasteiger partial charge in [0.2, 0.25) is 5.91 Å². The smallest absolute Gasteiger partial charge is 0.226 e. The Bertz CT molecular complexity index is 270. The molecule has 0 bridgehead atoms. The van der Waals surface area contributed by atoms with Crippen molar-refractivity contribution in [2.75, 3.05) is 20.3 Å². The zero-order valence-electron chi connectivity index (χ0n) is 10.7. The maximum atomic E-state index is 12.4. The van der Waals surface area contributed by atoms with Crippen LogP contribution >= 0.6 is 0 Å². The topological polar surface area (TPSA) is 55.6 Å². The summed E-state index contributed by atoms with van der Waals surface area (Å²) in [7, 11) is 1.71. The maximum Gasteiger partial charge on any atom is 0.226 e. The number of rotatable bonds is 3. The van der Waals surface area contributed by atoms with Gasteiger partial charge in [0.15, 0.2) is 0 Å². The molecule has 0 unspecified atom stereocenters. The van der Waals surface area contributed by atoms with Crippen molar-refractivity contribution in [2.45, 2.75) is 50.6 Å². The predicted molar refractivity (Wildman–Crippen MR) is 66.5 cm³/mol. The first-order valence-electron chi connectivity index (χ1n) is 6.77. The lowest BCUT2D eigenvalue weighted by Crippen LogP contribution is -2.44. The fourth-order valence-corrected chi connectivity index (χ4v) is 3.18. The van der Waals surface area contributed by atoms with Crippen molar-refractivity contribution in [3.63, 3.8) is 0 Å². The van der Waals surface area contributed by atoms with E-state index in [9.17, 15) is 4.79 Å². The van der Waals surface area contributed by atoms with E-state index in [-0.39, 0.29) is 12.0 Å². The lowest BCUT2D eigenvalue weighted by molar-refractivity contribution is -0.138. The first kappa shape index (κ1) is 12.8. The fourth-order valence-electron chi connectivity index (χ4n) is 3.18. The van der Waals surface area contributed by atoms with Crippen molar-refractivity contribution in [3.05, 3.63) is 0 Å². The van der Waals surface area contributed by atoms with Crippen molar-refractivity contribution in [2.24, 2.45) is 11.7 Å². The molecule has 0 aromatic rings. The van der Waals surface area contributed by atoms with E-state index in [0.717, 1.165) is 45.1 Å². The summed E-state index contributed by atoms with van der Waals surface area (Å²) in [6, 6.07) is 0.520. The summed E-state index contributed by atoms with van der Waals surface area (Å²) in [4.78, 5) is 14.5. The molecular weight excluding hydrogens is 216 g/mol. The quantitative estimate of drug-likeness (QED) is 0.805. The molecule has 0 aromatic carbocycles. The van der Waals surface area contributed by atoms with Crippen molar-refractivity contribution in [1.82, 2.24) is 4.90 Å². The molecule has 0 radical (unpaired) electrons. The number of carbonyl (C=O) groups is 1. The molecule has 17 heavy (non-hydrogen) atoms. The number of likely N-dealkylation sites (tertiary alicyclic amines) is 1. The van der Waals surface area contributed by atoms with Gasteiger partial charge in [0.1, 0.15) is 0 Å². The highest BCUT2D eigenvalue weighted by atomic mass is 16.5. The lowest BCUT2D eigenvalue weighted by atomic mass is 9.85. The number of hydrogen-bond acceptors (Lipinski definition) is 3. The van der Waals surface area contributed by atoms with E-state index in [1.807, 2.05) is 4.90 Å². The monoisotopic (exact) mass is 240 g/mol. The van der Waals surface area contributed by atoms with Crippen LogP contribution in [0, 0.1) is 5.92 Å². The molecule has 1 saturated carbocycles. The maximum absolute atomic E-state index is 12.4. The van der Waals surface area contributed by atoms with Crippen LogP contribution in [-0.2, 0) is 9.53 Å². The second-order valence-corrected chi connectivity index (χ2v) is 5.41. The average Bonchev–Trinajstić information content (AvgIpc) is 2.77. The Kier molecular flexibility index (Phi) is 4.40. The molecule has 1 saturated heterocycles. The Hall–Kier alpha value is -0.610. The van der Waals surface area contributed by atoms with Crippen LogP contribution in [0.2, 0.25) is 0 Å². The van der Waals surface area contributed by atoms with E-state index in [1.54, 1.807) is 7.11 Å². The molecule has 4 heteroatoms. The fraction of sp³-hybridized carbons (Fsp3) is 0.923. The normalized spacial score (nSPS) is 34.0. The molecular formula is C13H24N2O2. The first-order valence-corrected chi connectivity index (χ1v) is 6.77. The summed E-state index contributed by atoms with van der Waals surface area (Å²) >= 11 is 0. The zero-order chi connectivity index (χ0) is 12.3. The van der Waals surface area contributed by atoms with Gasteiger partial charge in [0.05, 0.1) is 12.6 Å². The number of nitrogens with zero attached hydrogens (tertiary/aromatic N) is 1. The molecule has 0 spiro atoms. The molecule has 0 aromatic heterocycles. The number of carbonyl (C=O) groups excluding carboxylic acids is 1. The van der Waals surface area contributed by atoms with Gasteiger partial charge in [-0.3, -0.25) is 4.79 Å². The summed E-state index contributed by atoms with van der Waals surface area (Å²) in [5, 5.41) is 0. The molecule has 1 heterocycles. The number of hydrogen-bond donors (Lipinski definition) is 1. The lowest BCUT2D eigenvalue weighted by Gasteiger charge is -2.32. The van der Waals surface area contributed by atoms with Crippen LogP contribution in [-0.4, -0.2) is 43.2 Å². The molecule has 4 nitrogen and oxygen atoms in total. The van der Waals surface area contributed by atoms with Crippen molar-refractivity contribution < 1.29 is 9.53 Å². The Morgan fingerprint density at radius 1 is 1.35 bits per heavy atom. The molecule has 2 aliphatic rings. The first-order chi connectivity index (χ1) is 8.22. The number of ether oxygens (including phenoxy) is 1. The number of nitrogens with two attached hydrogens (primary N) is 1. The summed E-state index contributed by atoms with van der Waals surface area (Å²) < 4.78 is 5.20. The van der Waals surface area contributed by atoms with E-state index in [2.05, 4.69) is 0 Å². The van der Waals surface area contributed by atoms with E-state index in [0.29, 0.717) is 18.6 Å². The second-order valence-electron chi connectivity index (χ2n) is 5.41. The highest BCUT2D eigenvalue weighted by Crippen LogP contribution is 2.28. The van der Waals surface area contributed by atoms with Gasteiger partial charge in [-0.05, 0) is 32.1 Å². The molecule has 1 amide bonds. The zero-order valence-corrected chi connectivity index (χ0v) is 10.7. The van der Waals surface area contributed by atoms with Crippen molar-refractivity contribution in [3.8, 4) is 0 Å². The number of amides is 1. The predicted octanol–water partition coefficient (Wildman–Crippen LogP) is 1.14. The van der Waals surface area contributed by atoms with Crippen LogP contribution in [0.25, 0.3) is 0 Å². The second kappa shape index (κ2) is 5.83. The van der Waals surface area contributed by atoms with Crippen molar-refractivity contribution in [1.29, 1.82) is 0 Å². The number of methoxy groups -OCH3 is 1. The SMILES string of the molecule is COC[C@@H]1CCCN1C(=O)[C@H]1CCC[C@H](N)C1. The molecule has 2 N–H and O–H groups in total. The molecule has 1 aliphatic heterocycles. The minimum Gasteiger partial charge on any atom is -0.383 e. The third-order valence-electron chi connectivity index (χ3n) is 4.08. The van der Waals surface area contributed by atoms with Gasteiger partial charge in [-0.1, -0.05) is 6.42 Å². The molecule has 1 aliphatic carbocycles. The van der Waals surface area contributed by atoms with Crippen LogP contribution in [0.4, 0.5) is 0 Å². The largest absolute Gasteiger partial charge is 0.383 e. The van der Waals surface area contributed by atoms with Gasteiger partial charge in [-0.15, -0.1) is 0 Å². The highest BCUT2D eigenvalue weighted by Gasteiger charge is 2.34. The molecule has 98 valence electrons. The highest BCUT2D eigenvalue weighted by molar-refractivity contribution is 5.79. The summed E-state index contributed by atoms with van der Waals surface area (Å²) in [5.74, 6) is 0.482. The van der Waals surface area contributed by atoms with Crippen LogP contribution in [0.1, 0.15) is 38.5 Å². The Balaban J connectivity index is 1.93. The summed E-state index contributed by atoms with van der Waals surface area (Å²) in [6.07, 6.45) is 6.25. The van der Waals surface area contributed by atoms with E-state index in [4.69, 9.17) is 10.5 Å². The third-order valence-corrected chi connectivity index (χ3v) is 4.08. The van der Waals surface area contributed by atoms with Crippen molar-refractivity contribution >= 4 is 5.91 Å². The van der Waals surface area contributed by atoms with Gasteiger partial charge in [0.25, 0.3) is 0 Å². The Morgan fingerprint density at radius 3 is 2.88 bits per heavy atom. The van der Waals surface area contributed by atoms with Gasteiger partial charge >= 0.3 is 0 Å². The minimum absolute atomic E-state index is 0.163. The van der Waals surface area contributed by atoms with Gasteiger partial charge < -0.3 is 15.4 Å². The van der Waals surface area contributed by atoms with Crippen LogP contribution in [0.3, 0.4) is 0 Å². The molecule has 2 fully saturated rings. The van der Waals surface area contributed by atoms with E-state index < -0.39 is 0 Å². The average molecular weight is 240 g/mol. The van der Waals surface area contributed by atoms with Crippen LogP contribution < -0.4 is 5.73 Å². The van der Waals surface area contributed by atoms with E-state index in [1.165, 1.54) is 0 Å². The molecule has 2 rings (SSSR count). The Morgan fingerprint density at radius 2 is 2.18 bits per heavy atom. The standard InChI is InChI=1S/C13H24N2O2/c1-17-9-12-6-3-7-15(12)13(16)10-4-2-5-11(14)8-10/h10-12H,2-9,14H2,1H3/t10-,11-,12-/m0/s1. The van der Waals surface area contributed by atoms with Gasteiger partial charge in [-0.25, -0.2) is 0 Å². The van der Waals surface area contributed by atoms with Gasteiger partial charge in [0, 0.05) is 25.6 Å². The molecule has 3 atom stereocenters. The summed E-state index contributed by atoms with van der Waals surface area (Å²) in [6.45, 7) is 1.57. The Labute approximate surface area is 103 Å². The summed E-state index contributed by atoms with van der Waals surface area (Å²) in [5.41, 5.74) is 5.96. The van der Waals surface area contributed by atoms with Crippen LogP contribution in [0.15, 0.2) is 0 Å². The van der Waals surface area contributed by atoms with E-state index >= 15 is 0 Å². The third kappa shape index (κ3) is 2.99. The van der Waals surface area contributed by atoms with Gasteiger partial charge in [-0.2, -0.15) is 0 Å².